The van der Waals surface area contributed by atoms with Gasteiger partial charge in [0.15, 0.2) is 5.84 Å². The number of carbonyl (C=O) groups excluding carboxylic acids is 3. The maximum Gasteiger partial charge on any atom is 0.408 e. The van der Waals surface area contributed by atoms with E-state index in [2.05, 4.69) is 20.6 Å². The SMILES string of the molecule is COC(=O)N[C@@H](Cc1ccc(-c2ccccc2)cc1)C(=O)Nc1ccccc1CC[C@@H]1CN(C(=O)O)[C@H](C(N)=NOC=O)CO1. The monoisotopic (exact) mass is 617 g/mol. The van der Waals surface area contributed by atoms with Gasteiger partial charge in [-0.05, 0) is 41.2 Å². The van der Waals surface area contributed by atoms with Crippen LogP contribution >= 0.6 is 0 Å². The minimum atomic E-state index is -1.22. The minimum absolute atomic E-state index is 0.0139. The van der Waals surface area contributed by atoms with Crippen LogP contribution in [0.1, 0.15) is 17.5 Å². The largest absolute Gasteiger partial charge is 0.465 e. The number of carbonyl (C=O) groups is 4. The van der Waals surface area contributed by atoms with E-state index in [0.29, 0.717) is 18.5 Å². The van der Waals surface area contributed by atoms with Crippen molar-refractivity contribution in [3.63, 3.8) is 0 Å². The lowest BCUT2D eigenvalue weighted by atomic mass is 10.00. The van der Waals surface area contributed by atoms with E-state index < -0.39 is 36.3 Å². The Morgan fingerprint density at radius 1 is 1.07 bits per heavy atom. The molecule has 0 saturated carbocycles. The van der Waals surface area contributed by atoms with Crippen molar-refractivity contribution in [2.24, 2.45) is 10.9 Å². The van der Waals surface area contributed by atoms with E-state index in [1.807, 2.05) is 66.7 Å². The second kappa shape index (κ2) is 15.9. The summed E-state index contributed by atoms with van der Waals surface area (Å²) in [6.07, 6.45) is -1.30. The van der Waals surface area contributed by atoms with Gasteiger partial charge in [-0.1, -0.05) is 78.0 Å². The molecular formula is C32H35N5O8. The highest BCUT2D eigenvalue weighted by Crippen LogP contribution is 2.23. The number of nitrogens with zero attached hydrogens (tertiary/aromatic N) is 2. The van der Waals surface area contributed by atoms with Gasteiger partial charge in [0, 0.05) is 12.1 Å². The van der Waals surface area contributed by atoms with Crippen LogP contribution < -0.4 is 16.4 Å². The van der Waals surface area contributed by atoms with Crippen molar-refractivity contribution in [1.29, 1.82) is 0 Å². The van der Waals surface area contributed by atoms with Crippen molar-refractivity contribution in [3.8, 4) is 11.1 Å². The summed E-state index contributed by atoms with van der Waals surface area (Å²) >= 11 is 0. The number of nitrogens with one attached hydrogen (secondary N) is 2. The number of nitrogens with two attached hydrogens (primary N) is 1. The average molecular weight is 618 g/mol. The molecule has 3 atom stereocenters. The Balaban J connectivity index is 1.41. The van der Waals surface area contributed by atoms with Gasteiger partial charge in [0.1, 0.15) is 12.1 Å². The van der Waals surface area contributed by atoms with Gasteiger partial charge in [0.25, 0.3) is 0 Å². The molecule has 45 heavy (non-hydrogen) atoms. The first kappa shape index (κ1) is 32.5. The van der Waals surface area contributed by atoms with Crippen molar-refractivity contribution in [2.75, 3.05) is 25.6 Å². The summed E-state index contributed by atoms with van der Waals surface area (Å²) in [5.41, 5.74) is 10.1. The number of methoxy groups -OCH3 is 1. The van der Waals surface area contributed by atoms with Crippen LogP contribution in [0.25, 0.3) is 11.1 Å². The van der Waals surface area contributed by atoms with Crippen molar-refractivity contribution in [2.45, 2.75) is 37.5 Å². The van der Waals surface area contributed by atoms with Crippen molar-refractivity contribution < 1.29 is 38.6 Å². The number of ether oxygens (including phenoxy) is 2. The van der Waals surface area contributed by atoms with Crippen LogP contribution in [0.15, 0.2) is 84.0 Å². The first-order chi connectivity index (χ1) is 21.8. The second-order valence-corrected chi connectivity index (χ2v) is 10.3. The van der Waals surface area contributed by atoms with Crippen LogP contribution in [-0.4, -0.2) is 78.9 Å². The Labute approximate surface area is 259 Å². The number of anilines is 1. The highest BCUT2D eigenvalue weighted by atomic mass is 16.7. The summed E-state index contributed by atoms with van der Waals surface area (Å²) in [6.45, 7) is 0.0256. The molecule has 1 aliphatic heterocycles. The molecule has 4 rings (SSSR count). The number of oxime groups is 1. The molecule has 1 fully saturated rings. The number of morpholine rings is 1. The van der Waals surface area contributed by atoms with E-state index in [-0.39, 0.29) is 31.9 Å². The van der Waals surface area contributed by atoms with Gasteiger partial charge in [0.2, 0.25) is 5.91 Å². The lowest BCUT2D eigenvalue weighted by Gasteiger charge is -2.37. The molecule has 0 unspecified atom stereocenters. The molecule has 236 valence electrons. The highest BCUT2D eigenvalue weighted by Gasteiger charge is 2.35. The lowest BCUT2D eigenvalue weighted by Crippen LogP contribution is -2.57. The first-order valence-electron chi connectivity index (χ1n) is 14.2. The average Bonchev–Trinajstić information content (AvgIpc) is 3.07. The predicted octanol–water partition coefficient (Wildman–Crippen LogP) is 3.38. The number of aryl methyl sites for hydroxylation is 1. The topological polar surface area (TPSA) is 182 Å². The zero-order chi connectivity index (χ0) is 32.2. The molecule has 5 N–H and O–H groups in total. The predicted molar refractivity (Wildman–Crippen MR) is 165 cm³/mol. The fraction of sp³-hybridized carbons (Fsp3) is 0.281. The van der Waals surface area contributed by atoms with E-state index in [0.717, 1.165) is 27.2 Å². The number of carboxylic acid groups (broad SMARTS) is 1. The Morgan fingerprint density at radius 3 is 2.44 bits per heavy atom. The molecule has 13 nitrogen and oxygen atoms in total. The summed E-state index contributed by atoms with van der Waals surface area (Å²) in [7, 11) is 1.23. The fourth-order valence-corrected chi connectivity index (χ4v) is 5.00. The molecule has 1 saturated heterocycles. The summed E-state index contributed by atoms with van der Waals surface area (Å²) in [6, 6.07) is 23.1. The molecule has 0 aliphatic carbocycles. The van der Waals surface area contributed by atoms with Gasteiger partial charge in [-0.3, -0.25) is 14.5 Å². The molecule has 13 heteroatoms. The molecule has 0 bridgehead atoms. The van der Waals surface area contributed by atoms with Crippen molar-refractivity contribution >= 4 is 36.1 Å². The Bertz CT molecular complexity index is 1500. The summed E-state index contributed by atoms with van der Waals surface area (Å²) in [5.74, 6) is -0.626. The quantitative estimate of drug-likeness (QED) is 0.0778. The summed E-state index contributed by atoms with van der Waals surface area (Å²) < 4.78 is 10.6. The third-order valence-corrected chi connectivity index (χ3v) is 7.36. The van der Waals surface area contributed by atoms with Gasteiger partial charge in [-0.15, -0.1) is 0 Å². The van der Waals surface area contributed by atoms with Gasteiger partial charge in [0.05, 0.1) is 26.4 Å². The van der Waals surface area contributed by atoms with Crippen molar-refractivity contribution in [1.82, 2.24) is 10.2 Å². The van der Waals surface area contributed by atoms with E-state index in [1.165, 1.54) is 7.11 Å². The molecule has 1 heterocycles. The standard InChI is InChI=1S/C32H35N5O8/c1-43-31(40)35-27(17-21-11-13-23(14-12-21)22-7-3-2-4-8-22)30(39)34-26-10-6-5-9-24(26)15-16-25-18-37(32(41)42)28(19-44-25)29(33)36-45-20-38/h2-14,20,25,27-28H,15-19H2,1H3,(H2,33,36)(H,34,39)(H,35,40)(H,41,42)/t25-,27+,28+/m1/s1. The number of amides is 3. The van der Waals surface area contributed by atoms with Crippen LogP contribution in [0.3, 0.4) is 0 Å². The van der Waals surface area contributed by atoms with Gasteiger partial charge in [-0.2, -0.15) is 0 Å². The maximum atomic E-state index is 13.5. The van der Waals surface area contributed by atoms with Crippen LogP contribution in [0.4, 0.5) is 15.3 Å². The molecule has 3 amide bonds. The molecule has 0 spiro atoms. The van der Waals surface area contributed by atoms with Crippen LogP contribution in [0.2, 0.25) is 0 Å². The number of rotatable bonds is 12. The van der Waals surface area contributed by atoms with Crippen LogP contribution in [0.5, 0.6) is 0 Å². The third-order valence-electron chi connectivity index (χ3n) is 7.36. The Hall–Kier alpha value is -5.43. The van der Waals surface area contributed by atoms with Gasteiger partial charge >= 0.3 is 18.7 Å². The van der Waals surface area contributed by atoms with E-state index in [1.54, 1.807) is 12.1 Å². The smallest absolute Gasteiger partial charge is 0.408 e. The lowest BCUT2D eigenvalue weighted by molar-refractivity contribution is -0.128. The van der Waals surface area contributed by atoms with E-state index >= 15 is 0 Å². The van der Waals surface area contributed by atoms with E-state index in [4.69, 9.17) is 15.2 Å². The Kier molecular flexibility index (Phi) is 11.5. The molecule has 0 radical (unpaired) electrons. The summed E-state index contributed by atoms with van der Waals surface area (Å²) in [4.78, 5) is 53.3. The van der Waals surface area contributed by atoms with Crippen LogP contribution in [0, 0.1) is 0 Å². The number of hydrogen-bond acceptors (Lipinski definition) is 8. The highest BCUT2D eigenvalue weighted by molar-refractivity contribution is 5.97. The summed E-state index contributed by atoms with van der Waals surface area (Å²) in [5, 5.41) is 18.6. The number of amidine groups is 1. The number of benzene rings is 3. The minimum Gasteiger partial charge on any atom is -0.465 e. The fourth-order valence-electron chi connectivity index (χ4n) is 5.00. The molecule has 0 aromatic heterocycles. The maximum absolute atomic E-state index is 13.5. The Morgan fingerprint density at radius 2 is 1.76 bits per heavy atom. The number of hydrogen-bond donors (Lipinski definition) is 4. The normalized spacial score (nSPS) is 17.1. The zero-order valence-electron chi connectivity index (χ0n) is 24.6. The second-order valence-electron chi connectivity index (χ2n) is 10.3. The van der Waals surface area contributed by atoms with E-state index in [9.17, 15) is 24.3 Å². The number of para-hydroxylation sites is 1. The van der Waals surface area contributed by atoms with Gasteiger partial charge in [-0.25, -0.2) is 9.59 Å². The number of alkyl carbamates (subject to hydrolysis) is 1. The molecule has 1 aliphatic rings. The third kappa shape index (κ3) is 9.03. The first-order valence-corrected chi connectivity index (χ1v) is 14.2. The van der Waals surface area contributed by atoms with Crippen molar-refractivity contribution in [3.05, 3.63) is 90.0 Å². The van der Waals surface area contributed by atoms with Gasteiger partial charge < -0.3 is 35.8 Å². The molecule has 3 aromatic carbocycles. The van der Waals surface area contributed by atoms with Crippen LogP contribution in [-0.2, 0) is 36.7 Å². The molecular weight excluding hydrogens is 582 g/mol. The zero-order valence-corrected chi connectivity index (χ0v) is 24.6. The molecule has 3 aromatic rings.